The molecule has 1 fully saturated rings. The monoisotopic (exact) mass is 434 g/mol. The molecule has 3 heterocycles. The van der Waals surface area contributed by atoms with Gasteiger partial charge >= 0.3 is 0 Å². The van der Waals surface area contributed by atoms with Gasteiger partial charge in [-0.1, -0.05) is 18.2 Å². The highest BCUT2D eigenvalue weighted by molar-refractivity contribution is 5.92. The lowest BCUT2D eigenvalue weighted by atomic mass is 10.2. The number of hydrogen-bond acceptors (Lipinski definition) is 7. The Morgan fingerprint density at radius 1 is 1.19 bits per heavy atom. The summed E-state index contributed by atoms with van der Waals surface area (Å²) in [6, 6.07) is 11.1. The van der Waals surface area contributed by atoms with Gasteiger partial charge in [-0.3, -0.25) is 19.7 Å². The summed E-state index contributed by atoms with van der Waals surface area (Å²) in [6.45, 7) is 3.76. The molecule has 1 amide bonds. The van der Waals surface area contributed by atoms with E-state index in [2.05, 4.69) is 20.3 Å². The van der Waals surface area contributed by atoms with E-state index in [1.165, 1.54) is 28.9 Å². The van der Waals surface area contributed by atoms with Crippen molar-refractivity contribution in [3.8, 4) is 5.69 Å². The number of benzene rings is 1. The second kappa shape index (κ2) is 8.96. The standard InChI is InChI=1S/C22H22N6O4/c1-15-12-19(29)21(25-27(15)17-6-2-3-7-18(17)28(31)32)22(30)24-14-16-8-9-20(23-13-16)26-10-4-5-11-26/h2-3,6-9,12-13H,4-5,10-11,14H2,1H3,(H,24,30). The van der Waals surface area contributed by atoms with Crippen LogP contribution < -0.4 is 15.6 Å². The van der Waals surface area contributed by atoms with Crippen molar-refractivity contribution in [2.24, 2.45) is 0 Å². The Morgan fingerprint density at radius 2 is 1.94 bits per heavy atom. The smallest absolute Gasteiger partial charge is 0.294 e. The summed E-state index contributed by atoms with van der Waals surface area (Å²) in [5.41, 5.74) is 0.260. The number of hydrogen-bond donors (Lipinski definition) is 1. The van der Waals surface area contributed by atoms with Gasteiger partial charge in [0, 0.05) is 43.7 Å². The number of pyridine rings is 1. The van der Waals surface area contributed by atoms with Crippen LogP contribution in [0.2, 0.25) is 0 Å². The molecule has 1 aliphatic heterocycles. The molecule has 2 aromatic heterocycles. The molecule has 10 nitrogen and oxygen atoms in total. The Labute approximate surface area is 183 Å². The molecule has 10 heteroatoms. The minimum absolute atomic E-state index is 0.172. The predicted octanol–water partition coefficient (Wildman–Crippen LogP) is 2.37. The summed E-state index contributed by atoms with van der Waals surface area (Å²) in [4.78, 5) is 42.6. The molecule has 0 unspecified atom stereocenters. The van der Waals surface area contributed by atoms with Crippen molar-refractivity contribution in [3.05, 3.63) is 86.0 Å². The molecule has 1 saturated heterocycles. The van der Waals surface area contributed by atoms with E-state index in [9.17, 15) is 19.7 Å². The van der Waals surface area contributed by atoms with Crippen molar-refractivity contribution in [2.75, 3.05) is 18.0 Å². The first-order valence-corrected chi connectivity index (χ1v) is 10.3. The van der Waals surface area contributed by atoms with E-state index < -0.39 is 16.3 Å². The van der Waals surface area contributed by atoms with Gasteiger partial charge in [0.05, 0.1) is 4.92 Å². The summed E-state index contributed by atoms with van der Waals surface area (Å²) in [5.74, 6) is 0.246. The molecule has 0 bridgehead atoms. The number of para-hydroxylation sites is 2. The van der Waals surface area contributed by atoms with Gasteiger partial charge in [0.25, 0.3) is 11.6 Å². The third-order valence-electron chi connectivity index (χ3n) is 5.32. The van der Waals surface area contributed by atoms with Crippen molar-refractivity contribution in [3.63, 3.8) is 0 Å². The third kappa shape index (κ3) is 4.34. The second-order valence-electron chi connectivity index (χ2n) is 7.56. The summed E-state index contributed by atoms with van der Waals surface area (Å²) in [5, 5.41) is 18.2. The number of anilines is 1. The van der Waals surface area contributed by atoms with E-state index >= 15 is 0 Å². The minimum atomic E-state index is -0.661. The normalized spacial score (nSPS) is 13.2. The molecular weight excluding hydrogens is 412 g/mol. The molecule has 0 spiro atoms. The van der Waals surface area contributed by atoms with E-state index in [-0.39, 0.29) is 23.6 Å². The molecule has 3 aromatic rings. The lowest BCUT2D eigenvalue weighted by Gasteiger charge is -2.16. The van der Waals surface area contributed by atoms with Gasteiger partial charge < -0.3 is 10.2 Å². The number of amides is 1. The Kier molecular flexibility index (Phi) is 5.93. The van der Waals surface area contributed by atoms with E-state index in [4.69, 9.17) is 0 Å². The number of nitro benzene ring substituents is 1. The SMILES string of the molecule is Cc1cc(=O)c(C(=O)NCc2ccc(N3CCCC3)nc2)nn1-c1ccccc1[N+](=O)[O-]. The van der Waals surface area contributed by atoms with Gasteiger partial charge in [-0.05, 0) is 37.5 Å². The predicted molar refractivity (Wildman–Crippen MR) is 118 cm³/mol. The molecule has 1 aliphatic rings. The summed E-state index contributed by atoms with van der Waals surface area (Å²) < 4.78 is 1.24. The Bertz CT molecular complexity index is 1220. The van der Waals surface area contributed by atoms with Crippen LogP contribution in [0.4, 0.5) is 11.5 Å². The highest BCUT2D eigenvalue weighted by Crippen LogP contribution is 2.22. The van der Waals surface area contributed by atoms with Crippen LogP contribution >= 0.6 is 0 Å². The van der Waals surface area contributed by atoms with Crippen LogP contribution in [-0.4, -0.2) is 38.7 Å². The highest BCUT2D eigenvalue weighted by atomic mass is 16.6. The maximum Gasteiger partial charge on any atom is 0.294 e. The number of carbonyl (C=O) groups is 1. The largest absolute Gasteiger partial charge is 0.357 e. The zero-order valence-electron chi connectivity index (χ0n) is 17.5. The molecule has 1 aromatic carbocycles. The van der Waals surface area contributed by atoms with Gasteiger partial charge in [0.15, 0.2) is 5.69 Å². The summed E-state index contributed by atoms with van der Waals surface area (Å²) >= 11 is 0. The average molecular weight is 434 g/mol. The number of aromatic nitrogens is 3. The zero-order chi connectivity index (χ0) is 22.7. The van der Waals surface area contributed by atoms with Crippen molar-refractivity contribution in [1.29, 1.82) is 0 Å². The molecule has 164 valence electrons. The molecule has 0 aliphatic carbocycles. The first-order chi connectivity index (χ1) is 15.4. The van der Waals surface area contributed by atoms with Crippen LogP contribution in [0.3, 0.4) is 0 Å². The van der Waals surface area contributed by atoms with Crippen molar-refractivity contribution >= 4 is 17.4 Å². The lowest BCUT2D eigenvalue weighted by molar-refractivity contribution is -0.384. The quantitative estimate of drug-likeness (QED) is 0.467. The minimum Gasteiger partial charge on any atom is -0.357 e. The number of aryl methyl sites for hydroxylation is 1. The number of carbonyl (C=O) groups excluding carboxylic acids is 1. The first kappa shape index (κ1) is 21.2. The van der Waals surface area contributed by atoms with E-state index in [1.54, 1.807) is 19.2 Å². The topological polar surface area (TPSA) is 123 Å². The van der Waals surface area contributed by atoms with Gasteiger partial charge in [-0.25, -0.2) is 9.67 Å². The molecule has 4 rings (SSSR count). The van der Waals surface area contributed by atoms with Crippen molar-refractivity contribution < 1.29 is 9.72 Å². The van der Waals surface area contributed by atoms with E-state index in [0.717, 1.165) is 37.3 Å². The van der Waals surface area contributed by atoms with Crippen molar-refractivity contribution in [2.45, 2.75) is 26.3 Å². The van der Waals surface area contributed by atoms with Gasteiger partial charge in [-0.2, -0.15) is 5.10 Å². The molecule has 0 saturated carbocycles. The first-order valence-electron chi connectivity index (χ1n) is 10.3. The lowest BCUT2D eigenvalue weighted by Crippen LogP contribution is -2.31. The van der Waals surface area contributed by atoms with Gasteiger partial charge in [-0.15, -0.1) is 0 Å². The molecule has 1 N–H and O–H groups in total. The third-order valence-corrected chi connectivity index (χ3v) is 5.32. The van der Waals surface area contributed by atoms with Gasteiger partial charge in [0.2, 0.25) is 5.43 Å². The molecule has 0 atom stereocenters. The summed E-state index contributed by atoms with van der Waals surface area (Å²) in [6.07, 6.45) is 4.02. The van der Waals surface area contributed by atoms with Crippen LogP contribution in [-0.2, 0) is 6.54 Å². The maximum atomic E-state index is 12.7. The van der Waals surface area contributed by atoms with Gasteiger partial charge in [0.1, 0.15) is 11.5 Å². The van der Waals surface area contributed by atoms with Crippen LogP contribution in [0.5, 0.6) is 0 Å². The van der Waals surface area contributed by atoms with Crippen LogP contribution in [0.15, 0.2) is 53.5 Å². The van der Waals surface area contributed by atoms with E-state index in [1.807, 2.05) is 12.1 Å². The Balaban J connectivity index is 1.53. The van der Waals surface area contributed by atoms with E-state index in [0.29, 0.717) is 5.69 Å². The fraction of sp³-hybridized carbons (Fsp3) is 0.273. The molecule has 0 radical (unpaired) electrons. The van der Waals surface area contributed by atoms with Crippen molar-refractivity contribution in [1.82, 2.24) is 20.1 Å². The number of rotatable bonds is 6. The Morgan fingerprint density at radius 3 is 2.62 bits per heavy atom. The van der Waals surface area contributed by atoms with Crippen LogP contribution in [0.1, 0.15) is 34.6 Å². The second-order valence-corrected chi connectivity index (χ2v) is 7.56. The van der Waals surface area contributed by atoms with Crippen LogP contribution in [0.25, 0.3) is 5.69 Å². The molecule has 32 heavy (non-hydrogen) atoms. The number of nitro groups is 1. The highest BCUT2D eigenvalue weighted by Gasteiger charge is 2.20. The maximum absolute atomic E-state index is 12.7. The number of nitrogens with zero attached hydrogens (tertiary/aromatic N) is 5. The Hall–Kier alpha value is -4.08. The van der Waals surface area contributed by atoms with Crippen LogP contribution in [0, 0.1) is 17.0 Å². The number of nitrogens with one attached hydrogen (secondary N) is 1. The fourth-order valence-corrected chi connectivity index (χ4v) is 3.67. The zero-order valence-corrected chi connectivity index (χ0v) is 17.5. The summed E-state index contributed by atoms with van der Waals surface area (Å²) in [7, 11) is 0. The fourth-order valence-electron chi connectivity index (χ4n) is 3.67. The average Bonchev–Trinajstić information content (AvgIpc) is 3.33. The molecular formula is C22H22N6O4.